The second kappa shape index (κ2) is 5.85. The van der Waals surface area contributed by atoms with Gasteiger partial charge in [0.05, 0.1) is 5.92 Å². The summed E-state index contributed by atoms with van der Waals surface area (Å²) in [6, 6.07) is 0. The van der Waals surface area contributed by atoms with E-state index in [4.69, 9.17) is 10.2 Å². The van der Waals surface area contributed by atoms with Crippen LogP contribution in [0.2, 0.25) is 0 Å². The molecule has 76 valence electrons. The molecule has 4 nitrogen and oxygen atoms in total. The Balaban J connectivity index is 3.85. The van der Waals surface area contributed by atoms with Gasteiger partial charge in [-0.05, 0) is 6.42 Å². The van der Waals surface area contributed by atoms with E-state index in [1.165, 1.54) is 11.8 Å². The molecule has 0 spiro atoms. The summed E-state index contributed by atoms with van der Waals surface area (Å²) < 4.78 is 0. The first kappa shape index (κ1) is 12.3. The Bertz CT molecular complexity index is 193. The van der Waals surface area contributed by atoms with Gasteiger partial charge in [0.2, 0.25) is 0 Å². The molecule has 0 saturated heterocycles. The maximum atomic E-state index is 10.5. The SMILES string of the molecule is CCC(SCC(C)C(=O)O)C(=O)O. The van der Waals surface area contributed by atoms with E-state index in [9.17, 15) is 9.59 Å². The fraction of sp³-hybridized carbons (Fsp3) is 0.750. The van der Waals surface area contributed by atoms with Gasteiger partial charge in [-0.25, -0.2) is 0 Å². The summed E-state index contributed by atoms with van der Waals surface area (Å²) in [7, 11) is 0. The fourth-order valence-corrected chi connectivity index (χ4v) is 1.74. The highest BCUT2D eigenvalue weighted by Crippen LogP contribution is 2.18. The molecule has 0 aromatic heterocycles. The van der Waals surface area contributed by atoms with E-state index in [0.717, 1.165) is 0 Å². The van der Waals surface area contributed by atoms with Gasteiger partial charge in [-0.2, -0.15) is 0 Å². The number of hydrogen-bond acceptors (Lipinski definition) is 3. The molecule has 0 heterocycles. The molecule has 2 unspecified atom stereocenters. The third-order valence-electron chi connectivity index (χ3n) is 1.62. The largest absolute Gasteiger partial charge is 0.481 e. The molecule has 0 bridgehead atoms. The molecule has 0 aliphatic heterocycles. The van der Waals surface area contributed by atoms with Crippen molar-refractivity contribution in [1.82, 2.24) is 0 Å². The average Bonchev–Trinajstić information content (AvgIpc) is 2.04. The predicted octanol–water partition coefficient (Wildman–Crippen LogP) is 1.30. The van der Waals surface area contributed by atoms with Crippen LogP contribution in [-0.4, -0.2) is 33.2 Å². The van der Waals surface area contributed by atoms with Gasteiger partial charge in [-0.15, -0.1) is 11.8 Å². The molecule has 2 N–H and O–H groups in total. The number of rotatable bonds is 6. The number of carboxylic acids is 2. The molecule has 5 heteroatoms. The fourth-order valence-electron chi connectivity index (χ4n) is 0.696. The first-order chi connectivity index (χ1) is 5.99. The molecule has 0 amide bonds. The van der Waals surface area contributed by atoms with Gasteiger partial charge in [0.1, 0.15) is 5.25 Å². The summed E-state index contributed by atoms with van der Waals surface area (Å²) in [6.07, 6.45) is 0.520. The summed E-state index contributed by atoms with van der Waals surface area (Å²) in [4.78, 5) is 21.0. The van der Waals surface area contributed by atoms with Gasteiger partial charge in [0, 0.05) is 5.75 Å². The molecule has 0 rings (SSSR count). The van der Waals surface area contributed by atoms with Crippen molar-refractivity contribution >= 4 is 23.7 Å². The van der Waals surface area contributed by atoms with Crippen molar-refractivity contribution in [1.29, 1.82) is 0 Å². The van der Waals surface area contributed by atoms with Crippen LogP contribution in [0, 0.1) is 5.92 Å². The second-order valence-corrected chi connectivity index (χ2v) is 4.04. The lowest BCUT2D eigenvalue weighted by molar-refractivity contribution is -0.140. The highest BCUT2D eigenvalue weighted by molar-refractivity contribution is 8.00. The standard InChI is InChI=1S/C8H14O4S/c1-3-6(8(11)12)13-4-5(2)7(9)10/h5-6H,3-4H2,1-2H3,(H,9,10)(H,11,12). The minimum atomic E-state index is -0.882. The quantitative estimate of drug-likeness (QED) is 0.685. The third-order valence-corrected chi connectivity index (χ3v) is 3.24. The average molecular weight is 206 g/mol. The second-order valence-electron chi connectivity index (χ2n) is 2.81. The zero-order chi connectivity index (χ0) is 10.4. The van der Waals surface area contributed by atoms with Crippen LogP contribution in [0.25, 0.3) is 0 Å². The van der Waals surface area contributed by atoms with Crippen molar-refractivity contribution in [3.63, 3.8) is 0 Å². The van der Waals surface area contributed by atoms with E-state index in [1.807, 2.05) is 0 Å². The molecule has 0 aromatic carbocycles. The van der Waals surface area contributed by atoms with E-state index >= 15 is 0 Å². The topological polar surface area (TPSA) is 74.6 Å². The number of carboxylic acid groups (broad SMARTS) is 2. The summed E-state index contributed by atoms with van der Waals surface area (Å²) in [5, 5.41) is 16.7. The minimum Gasteiger partial charge on any atom is -0.481 e. The Morgan fingerprint density at radius 3 is 2.15 bits per heavy atom. The van der Waals surface area contributed by atoms with Crippen molar-refractivity contribution in [3.8, 4) is 0 Å². The number of thioether (sulfide) groups is 1. The van der Waals surface area contributed by atoms with Crippen molar-refractivity contribution in [2.24, 2.45) is 5.92 Å². The summed E-state index contributed by atoms with van der Waals surface area (Å²) >= 11 is 1.19. The van der Waals surface area contributed by atoms with Gasteiger partial charge in [0.25, 0.3) is 0 Å². The van der Waals surface area contributed by atoms with Crippen LogP contribution in [0.5, 0.6) is 0 Å². The normalized spacial score (nSPS) is 14.9. The lowest BCUT2D eigenvalue weighted by atomic mass is 10.2. The van der Waals surface area contributed by atoms with Crippen LogP contribution in [0.3, 0.4) is 0 Å². The lowest BCUT2D eigenvalue weighted by Crippen LogP contribution is -2.19. The van der Waals surface area contributed by atoms with Crippen molar-refractivity contribution in [2.75, 3.05) is 5.75 Å². The van der Waals surface area contributed by atoms with Gasteiger partial charge in [-0.3, -0.25) is 9.59 Å². The molecule has 0 aliphatic rings. The molecular weight excluding hydrogens is 192 g/mol. The summed E-state index contributed by atoms with van der Waals surface area (Å²) in [5.74, 6) is -1.89. The molecule has 0 aromatic rings. The van der Waals surface area contributed by atoms with Gasteiger partial charge in [-0.1, -0.05) is 13.8 Å². The smallest absolute Gasteiger partial charge is 0.316 e. The van der Waals surface area contributed by atoms with Gasteiger partial charge >= 0.3 is 11.9 Å². The molecule has 0 radical (unpaired) electrons. The van der Waals surface area contributed by atoms with E-state index in [1.54, 1.807) is 13.8 Å². The maximum absolute atomic E-state index is 10.5. The van der Waals surface area contributed by atoms with Crippen LogP contribution in [-0.2, 0) is 9.59 Å². The molecule has 13 heavy (non-hydrogen) atoms. The van der Waals surface area contributed by atoms with Crippen molar-refractivity contribution in [3.05, 3.63) is 0 Å². The summed E-state index contributed by atoms with van der Waals surface area (Å²) in [6.45, 7) is 3.35. The van der Waals surface area contributed by atoms with Crippen LogP contribution in [0.4, 0.5) is 0 Å². The van der Waals surface area contributed by atoms with Crippen molar-refractivity contribution in [2.45, 2.75) is 25.5 Å². The van der Waals surface area contributed by atoms with Gasteiger partial charge in [0.15, 0.2) is 0 Å². The van der Waals surface area contributed by atoms with E-state index in [-0.39, 0.29) is 0 Å². The molecular formula is C8H14O4S. The summed E-state index contributed by atoms with van der Waals surface area (Å²) in [5.41, 5.74) is 0. The number of aliphatic carboxylic acids is 2. The van der Waals surface area contributed by atoms with E-state index in [0.29, 0.717) is 12.2 Å². The zero-order valence-corrected chi connectivity index (χ0v) is 8.50. The number of carbonyl (C=O) groups is 2. The molecule has 2 atom stereocenters. The third kappa shape index (κ3) is 4.77. The Morgan fingerprint density at radius 1 is 1.31 bits per heavy atom. The minimum absolute atomic E-state index is 0.347. The Hall–Kier alpha value is -0.710. The Kier molecular flexibility index (Phi) is 5.53. The van der Waals surface area contributed by atoms with E-state index < -0.39 is 23.1 Å². The lowest BCUT2D eigenvalue weighted by Gasteiger charge is -2.10. The van der Waals surface area contributed by atoms with Crippen LogP contribution in [0.15, 0.2) is 0 Å². The highest BCUT2D eigenvalue weighted by Gasteiger charge is 2.19. The van der Waals surface area contributed by atoms with Crippen LogP contribution in [0.1, 0.15) is 20.3 Å². The monoisotopic (exact) mass is 206 g/mol. The first-order valence-electron chi connectivity index (χ1n) is 4.06. The number of hydrogen-bond donors (Lipinski definition) is 2. The molecule has 0 saturated carbocycles. The van der Waals surface area contributed by atoms with Gasteiger partial charge < -0.3 is 10.2 Å². The highest BCUT2D eigenvalue weighted by atomic mass is 32.2. The Labute approximate surface area is 81.3 Å². The van der Waals surface area contributed by atoms with Crippen LogP contribution >= 0.6 is 11.8 Å². The van der Waals surface area contributed by atoms with E-state index in [2.05, 4.69) is 0 Å². The first-order valence-corrected chi connectivity index (χ1v) is 5.11. The predicted molar refractivity (Wildman–Crippen MR) is 51.0 cm³/mol. The Morgan fingerprint density at radius 2 is 1.85 bits per heavy atom. The molecule has 0 fully saturated rings. The zero-order valence-electron chi connectivity index (χ0n) is 7.69. The molecule has 0 aliphatic carbocycles. The maximum Gasteiger partial charge on any atom is 0.316 e. The van der Waals surface area contributed by atoms with Crippen molar-refractivity contribution < 1.29 is 19.8 Å². The van der Waals surface area contributed by atoms with Crippen LogP contribution < -0.4 is 0 Å².